The van der Waals surface area contributed by atoms with E-state index in [1.165, 1.54) is 0 Å². The third kappa shape index (κ3) is 11.6. The van der Waals surface area contributed by atoms with E-state index in [0.717, 1.165) is 19.3 Å². The van der Waals surface area contributed by atoms with Crippen LogP contribution < -0.4 is 32.7 Å². The molecule has 0 bridgehead atoms. The van der Waals surface area contributed by atoms with Crippen LogP contribution in [-0.2, 0) is 24.0 Å². The highest BCUT2D eigenvalue weighted by atomic mass is 16.2. The monoisotopic (exact) mass is 613 g/mol. The number of hydrogen-bond donors (Lipinski definition) is 6. The topological polar surface area (TPSA) is 198 Å². The van der Waals surface area contributed by atoms with Crippen molar-refractivity contribution in [2.45, 2.75) is 103 Å². The van der Waals surface area contributed by atoms with Gasteiger partial charge in [0.25, 0.3) is 0 Å². The highest BCUT2D eigenvalue weighted by molar-refractivity contribution is 5.97. The highest BCUT2D eigenvalue weighted by Gasteiger charge is 2.38. The lowest BCUT2D eigenvalue weighted by atomic mass is 9.82. The van der Waals surface area contributed by atoms with Gasteiger partial charge in [-0.25, -0.2) is 0 Å². The Morgan fingerprint density at radius 3 is 2.32 bits per heavy atom. The number of nitrogens with one attached hydrogen (secondary N) is 4. The van der Waals surface area contributed by atoms with Crippen molar-refractivity contribution in [1.29, 1.82) is 0 Å². The van der Waals surface area contributed by atoms with E-state index in [1.807, 2.05) is 6.07 Å². The Labute approximate surface area is 260 Å². The second-order valence-electron chi connectivity index (χ2n) is 12.0. The van der Waals surface area contributed by atoms with Crippen LogP contribution >= 0.6 is 0 Å². The lowest BCUT2D eigenvalue weighted by molar-refractivity contribution is -0.137. The molecule has 0 radical (unpaired) electrons. The smallest absolute Gasteiger partial charge is 0.247 e. The van der Waals surface area contributed by atoms with Crippen LogP contribution in [0, 0.1) is 11.8 Å². The number of amides is 4. The average molecular weight is 614 g/mol. The first-order valence-electron chi connectivity index (χ1n) is 15.7. The predicted octanol–water partition coefficient (Wildman–Crippen LogP) is 1.98. The van der Waals surface area contributed by atoms with Crippen molar-refractivity contribution in [1.82, 2.24) is 21.3 Å². The van der Waals surface area contributed by atoms with Gasteiger partial charge in [-0.2, -0.15) is 0 Å². The Hall–Kier alpha value is -3.96. The van der Waals surface area contributed by atoms with Gasteiger partial charge in [-0.3, -0.25) is 29.0 Å². The van der Waals surface area contributed by atoms with Crippen LogP contribution in [0.5, 0.6) is 0 Å². The van der Waals surface area contributed by atoms with Gasteiger partial charge in [0, 0.05) is 31.3 Å². The Kier molecular flexibility index (Phi) is 14.8. The summed E-state index contributed by atoms with van der Waals surface area (Å²) in [5, 5.41) is 11.5. The molecule has 0 unspecified atom stereocenters. The van der Waals surface area contributed by atoms with Gasteiger partial charge in [0.05, 0.1) is 5.54 Å². The summed E-state index contributed by atoms with van der Waals surface area (Å²) in [5.41, 5.74) is 10.4. The van der Waals surface area contributed by atoms with Crippen LogP contribution in [0.3, 0.4) is 0 Å². The van der Waals surface area contributed by atoms with Crippen LogP contribution in [0.25, 0.3) is 0 Å². The summed E-state index contributed by atoms with van der Waals surface area (Å²) in [6.07, 6.45) is 4.25. The molecule has 4 amide bonds. The van der Waals surface area contributed by atoms with Crippen molar-refractivity contribution >= 4 is 35.4 Å². The maximum Gasteiger partial charge on any atom is 0.247 e. The molecule has 0 saturated carbocycles. The molecule has 0 aromatic heterocycles. The van der Waals surface area contributed by atoms with Gasteiger partial charge in [-0.05, 0) is 44.6 Å². The minimum Gasteiger partial charge on any atom is -0.370 e. The molecule has 1 heterocycles. The Morgan fingerprint density at radius 1 is 1.00 bits per heavy atom. The van der Waals surface area contributed by atoms with E-state index in [1.54, 1.807) is 52.0 Å². The van der Waals surface area contributed by atoms with Crippen LogP contribution in [0.4, 0.5) is 0 Å². The quantitative estimate of drug-likeness (QED) is 0.146. The first kappa shape index (κ1) is 36.2. The number of hydrogen-bond acceptors (Lipinski definition) is 6. The molecular formula is C32H51N7O5. The molecule has 1 aliphatic rings. The van der Waals surface area contributed by atoms with E-state index in [-0.39, 0.29) is 55.3 Å². The van der Waals surface area contributed by atoms with Crippen molar-refractivity contribution in [3.05, 3.63) is 35.9 Å². The lowest BCUT2D eigenvalue weighted by Crippen LogP contribution is -2.55. The standard InChI is InChI=1S/C32H51N7O5/c1-5-24-29(43)38-26(22-14-9-8-10-15-22)30(44)35-18-12-7-6-11-17-32(4,39-27(41)21(2)3)25(40)20-23(28(42)37-24)16-13-19-36-31(33)34/h8-10,14-15,21,23-24,26H,5-7,11-13,16-20H2,1-4H3,(H,35,44)(H,37,42)(H,38,43)(H,39,41)(H4,33,34,36)/t23-,24+,26-,32-/m0/s1. The molecule has 44 heavy (non-hydrogen) atoms. The molecule has 244 valence electrons. The van der Waals surface area contributed by atoms with Crippen molar-refractivity contribution in [3.63, 3.8) is 0 Å². The predicted molar refractivity (Wildman–Crippen MR) is 170 cm³/mol. The normalized spacial score (nSPS) is 24.7. The van der Waals surface area contributed by atoms with Gasteiger partial charge in [-0.15, -0.1) is 0 Å². The van der Waals surface area contributed by atoms with Crippen LogP contribution in [0.1, 0.15) is 97.1 Å². The van der Waals surface area contributed by atoms with Gasteiger partial charge < -0.3 is 32.7 Å². The molecule has 12 heteroatoms. The Bertz CT molecular complexity index is 1150. The molecule has 1 saturated heterocycles. The number of rotatable bonds is 8. The zero-order valence-corrected chi connectivity index (χ0v) is 26.6. The first-order chi connectivity index (χ1) is 20.9. The van der Waals surface area contributed by atoms with Crippen molar-refractivity contribution in [2.24, 2.45) is 28.3 Å². The SMILES string of the molecule is CC[C@H]1NC(=O)[C@@H](CCCN=C(N)N)CC(=O)[C@@](C)(NC(=O)C(C)C)CCCCCCNC(=O)[C@H](c2ccccc2)NC1=O. The maximum atomic E-state index is 13.8. The van der Waals surface area contributed by atoms with E-state index in [9.17, 15) is 24.0 Å². The van der Waals surface area contributed by atoms with E-state index in [0.29, 0.717) is 31.4 Å². The highest BCUT2D eigenvalue weighted by Crippen LogP contribution is 2.24. The minimum absolute atomic E-state index is 0.0704. The van der Waals surface area contributed by atoms with Crippen LogP contribution in [-0.4, -0.2) is 60.0 Å². The van der Waals surface area contributed by atoms with Gasteiger partial charge in [0.15, 0.2) is 11.7 Å². The van der Waals surface area contributed by atoms with Gasteiger partial charge in [0.2, 0.25) is 23.6 Å². The second kappa shape index (κ2) is 18.0. The number of benzene rings is 1. The molecule has 8 N–H and O–H groups in total. The molecule has 4 atom stereocenters. The van der Waals surface area contributed by atoms with E-state index < -0.39 is 35.4 Å². The fourth-order valence-corrected chi connectivity index (χ4v) is 5.11. The molecule has 1 aliphatic heterocycles. The molecule has 12 nitrogen and oxygen atoms in total. The number of Topliss-reactive ketones (excluding diaryl/α,β-unsaturated/α-hetero) is 1. The summed E-state index contributed by atoms with van der Waals surface area (Å²) < 4.78 is 0. The first-order valence-corrected chi connectivity index (χ1v) is 15.7. The largest absolute Gasteiger partial charge is 0.370 e. The van der Waals surface area contributed by atoms with Crippen molar-refractivity contribution < 1.29 is 24.0 Å². The summed E-state index contributed by atoms with van der Waals surface area (Å²) in [4.78, 5) is 70.9. The molecule has 1 aromatic carbocycles. The minimum atomic E-state index is -1.16. The summed E-state index contributed by atoms with van der Waals surface area (Å²) in [5.74, 6) is -2.98. The summed E-state index contributed by atoms with van der Waals surface area (Å²) in [6, 6.07) is 7.07. The van der Waals surface area contributed by atoms with Crippen LogP contribution in [0.2, 0.25) is 0 Å². The van der Waals surface area contributed by atoms with Gasteiger partial charge in [0.1, 0.15) is 12.1 Å². The number of nitrogens with zero attached hydrogens (tertiary/aromatic N) is 1. The third-order valence-electron chi connectivity index (χ3n) is 7.97. The number of ketones is 1. The molecule has 1 aromatic rings. The molecule has 2 rings (SSSR count). The fraction of sp³-hybridized carbons (Fsp3) is 0.625. The fourth-order valence-electron chi connectivity index (χ4n) is 5.11. The molecular weight excluding hydrogens is 562 g/mol. The van der Waals surface area contributed by atoms with E-state index >= 15 is 0 Å². The third-order valence-corrected chi connectivity index (χ3v) is 7.97. The Morgan fingerprint density at radius 2 is 1.68 bits per heavy atom. The summed E-state index contributed by atoms with van der Waals surface area (Å²) >= 11 is 0. The summed E-state index contributed by atoms with van der Waals surface area (Å²) in [7, 11) is 0. The maximum absolute atomic E-state index is 13.8. The Balaban J connectivity index is 2.39. The van der Waals surface area contributed by atoms with Crippen molar-refractivity contribution in [2.75, 3.05) is 13.1 Å². The zero-order chi connectivity index (χ0) is 32.7. The number of nitrogens with two attached hydrogens (primary N) is 2. The molecule has 0 spiro atoms. The van der Waals surface area contributed by atoms with Gasteiger partial charge >= 0.3 is 0 Å². The number of guanidine groups is 1. The van der Waals surface area contributed by atoms with Gasteiger partial charge in [-0.1, -0.05) is 70.4 Å². The average Bonchev–Trinajstić information content (AvgIpc) is 2.98. The number of carbonyl (C=O) groups excluding carboxylic acids is 5. The molecule has 1 fully saturated rings. The zero-order valence-electron chi connectivity index (χ0n) is 26.6. The lowest BCUT2D eigenvalue weighted by Gasteiger charge is -2.32. The number of aliphatic imine (C=N–C) groups is 1. The summed E-state index contributed by atoms with van der Waals surface area (Å²) in [6.45, 7) is 7.69. The second-order valence-corrected chi connectivity index (χ2v) is 12.0. The molecule has 0 aliphatic carbocycles. The van der Waals surface area contributed by atoms with E-state index in [2.05, 4.69) is 26.3 Å². The van der Waals surface area contributed by atoms with Crippen LogP contribution in [0.15, 0.2) is 35.3 Å². The van der Waals surface area contributed by atoms with Crippen molar-refractivity contribution in [3.8, 4) is 0 Å². The number of carbonyl (C=O) groups is 5. The van der Waals surface area contributed by atoms with E-state index in [4.69, 9.17) is 11.5 Å².